The maximum Gasteiger partial charge on any atom is 0.171 e. The van der Waals surface area contributed by atoms with Gasteiger partial charge in [-0.2, -0.15) is 0 Å². The van der Waals surface area contributed by atoms with Crippen molar-refractivity contribution in [3.05, 3.63) is 22.3 Å². The molecule has 1 aromatic rings. The Bertz CT molecular complexity index is 355. The Morgan fingerprint density at radius 1 is 1.60 bits per heavy atom. The molecular weight excluding hydrogens is 274 g/mol. The van der Waals surface area contributed by atoms with E-state index < -0.39 is 0 Å². The number of nitrogens with zero attached hydrogens (tertiary/aromatic N) is 1. The molecule has 0 aliphatic heterocycles. The van der Waals surface area contributed by atoms with Gasteiger partial charge in [0.1, 0.15) is 5.82 Å². The molecule has 0 fully saturated rings. The van der Waals surface area contributed by atoms with Crippen molar-refractivity contribution >= 4 is 39.1 Å². The molecule has 0 saturated carbocycles. The first kappa shape index (κ1) is 12.4. The van der Waals surface area contributed by atoms with Crippen molar-refractivity contribution in [3.8, 4) is 0 Å². The minimum atomic E-state index is 0.620. The summed E-state index contributed by atoms with van der Waals surface area (Å²) in [5.41, 5.74) is 1.06. The summed E-state index contributed by atoms with van der Waals surface area (Å²) >= 11 is 8.49. The van der Waals surface area contributed by atoms with Crippen molar-refractivity contribution in [2.45, 2.75) is 20.3 Å². The average molecular weight is 288 g/mol. The normalized spacial score (nSPS) is 9.80. The minimum Gasteiger partial charge on any atom is -0.362 e. The summed E-state index contributed by atoms with van der Waals surface area (Å²) in [6, 6.07) is 2.00. The van der Waals surface area contributed by atoms with Gasteiger partial charge in [-0.15, -0.1) is 0 Å². The van der Waals surface area contributed by atoms with Crippen LogP contribution in [0, 0.1) is 6.92 Å². The highest BCUT2D eigenvalue weighted by molar-refractivity contribution is 9.10. The van der Waals surface area contributed by atoms with Crippen LogP contribution in [0.15, 0.2) is 16.7 Å². The molecule has 1 rings (SSSR count). The maximum atomic E-state index is 5.12. The van der Waals surface area contributed by atoms with Crippen LogP contribution in [0.5, 0.6) is 0 Å². The van der Waals surface area contributed by atoms with Gasteiger partial charge in [-0.3, -0.25) is 0 Å². The Kier molecular flexibility index (Phi) is 4.98. The lowest BCUT2D eigenvalue weighted by atomic mass is 10.3. The highest BCUT2D eigenvalue weighted by Crippen LogP contribution is 2.16. The third kappa shape index (κ3) is 4.13. The molecule has 0 aliphatic carbocycles. The minimum absolute atomic E-state index is 0.620. The number of pyridine rings is 1. The molecule has 0 spiro atoms. The molecule has 0 saturated heterocycles. The number of thiocarbonyl (C=S) groups is 1. The first-order chi connectivity index (χ1) is 7.13. The largest absolute Gasteiger partial charge is 0.362 e. The Hall–Kier alpha value is -0.680. The van der Waals surface area contributed by atoms with Gasteiger partial charge in [-0.05, 0) is 53.1 Å². The molecule has 0 bridgehead atoms. The molecule has 5 heteroatoms. The van der Waals surface area contributed by atoms with Crippen molar-refractivity contribution in [3.63, 3.8) is 0 Å². The van der Waals surface area contributed by atoms with Crippen LogP contribution in [-0.2, 0) is 0 Å². The summed E-state index contributed by atoms with van der Waals surface area (Å²) in [7, 11) is 0. The highest BCUT2D eigenvalue weighted by Gasteiger charge is 2.02. The first-order valence-electron chi connectivity index (χ1n) is 4.80. The lowest BCUT2D eigenvalue weighted by molar-refractivity contribution is 0.846. The zero-order valence-electron chi connectivity index (χ0n) is 8.80. The molecule has 0 amide bonds. The zero-order valence-corrected chi connectivity index (χ0v) is 11.2. The van der Waals surface area contributed by atoms with Crippen molar-refractivity contribution in [1.29, 1.82) is 0 Å². The van der Waals surface area contributed by atoms with Gasteiger partial charge >= 0.3 is 0 Å². The van der Waals surface area contributed by atoms with Gasteiger partial charge in [0.2, 0.25) is 0 Å². The van der Waals surface area contributed by atoms with Crippen LogP contribution in [0.25, 0.3) is 0 Å². The van der Waals surface area contributed by atoms with Crippen molar-refractivity contribution in [1.82, 2.24) is 10.3 Å². The molecule has 3 nitrogen and oxygen atoms in total. The fraction of sp³-hybridized carbons (Fsp3) is 0.400. The van der Waals surface area contributed by atoms with Gasteiger partial charge < -0.3 is 10.6 Å². The molecule has 0 unspecified atom stereocenters. The summed E-state index contributed by atoms with van der Waals surface area (Å²) in [6.45, 7) is 4.96. The number of nitrogens with one attached hydrogen (secondary N) is 2. The van der Waals surface area contributed by atoms with E-state index in [0.717, 1.165) is 28.8 Å². The van der Waals surface area contributed by atoms with E-state index in [-0.39, 0.29) is 0 Å². The number of aromatic nitrogens is 1. The van der Waals surface area contributed by atoms with Gasteiger partial charge in [0.05, 0.1) is 0 Å². The van der Waals surface area contributed by atoms with Crippen molar-refractivity contribution in [2.24, 2.45) is 0 Å². The second kappa shape index (κ2) is 6.02. The summed E-state index contributed by atoms with van der Waals surface area (Å²) in [5, 5.41) is 6.77. The van der Waals surface area contributed by atoms with Crippen LogP contribution in [0.3, 0.4) is 0 Å². The summed E-state index contributed by atoms with van der Waals surface area (Å²) < 4.78 is 0.970. The van der Waals surface area contributed by atoms with Crippen LogP contribution in [0.1, 0.15) is 18.9 Å². The van der Waals surface area contributed by atoms with E-state index in [9.17, 15) is 0 Å². The number of hydrogen-bond donors (Lipinski definition) is 2. The SMILES string of the molecule is CCCNC(=S)Nc1ncc(Br)cc1C. The molecule has 1 aromatic heterocycles. The number of anilines is 1. The number of halogens is 1. The number of aryl methyl sites for hydroxylation is 1. The van der Waals surface area contributed by atoms with E-state index in [2.05, 4.69) is 38.5 Å². The summed E-state index contributed by atoms with van der Waals surface area (Å²) in [6.07, 6.45) is 2.80. The van der Waals surface area contributed by atoms with E-state index in [0.29, 0.717) is 5.11 Å². The van der Waals surface area contributed by atoms with Gasteiger partial charge in [-0.1, -0.05) is 6.92 Å². The lowest BCUT2D eigenvalue weighted by Gasteiger charge is -2.10. The molecule has 15 heavy (non-hydrogen) atoms. The fourth-order valence-electron chi connectivity index (χ4n) is 1.06. The molecule has 2 N–H and O–H groups in total. The molecule has 0 aromatic carbocycles. The molecule has 1 heterocycles. The zero-order chi connectivity index (χ0) is 11.3. The van der Waals surface area contributed by atoms with Gasteiger partial charge in [-0.25, -0.2) is 4.98 Å². The highest BCUT2D eigenvalue weighted by atomic mass is 79.9. The lowest BCUT2D eigenvalue weighted by Crippen LogP contribution is -2.29. The molecule has 0 radical (unpaired) electrons. The predicted molar refractivity (Wildman–Crippen MR) is 71.2 cm³/mol. The predicted octanol–water partition coefficient (Wildman–Crippen LogP) is 2.85. The van der Waals surface area contributed by atoms with Crippen molar-refractivity contribution < 1.29 is 0 Å². The number of hydrogen-bond acceptors (Lipinski definition) is 2. The van der Waals surface area contributed by atoms with Gasteiger partial charge in [0.25, 0.3) is 0 Å². The standard InChI is InChI=1S/C10H14BrN3S/c1-3-4-12-10(15)14-9-7(2)5-8(11)6-13-9/h5-6H,3-4H2,1-2H3,(H2,12,13,14,15). The van der Waals surface area contributed by atoms with Crippen LogP contribution < -0.4 is 10.6 Å². The summed E-state index contributed by atoms with van der Waals surface area (Å²) in [5.74, 6) is 0.798. The first-order valence-corrected chi connectivity index (χ1v) is 6.00. The Morgan fingerprint density at radius 3 is 2.93 bits per heavy atom. The van der Waals surface area contributed by atoms with E-state index in [1.807, 2.05) is 13.0 Å². The van der Waals surface area contributed by atoms with E-state index in [4.69, 9.17) is 12.2 Å². The topological polar surface area (TPSA) is 37.0 Å². The molecular formula is C10H14BrN3S. The maximum absolute atomic E-state index is 5.12. The quantitative estimate of drug-likeness (QED) is 0.839. The van der Waals surface area contributed by atoms with E-state index in [1.165, 1.54) is 0 Å². The fourth-order valence-corrected chi connectivity index (χ4v) is 1.71. The molecule has 0 aliphatic rings. The molecule has 82 valence electrons. The van der Waals surface area contributed by atoms with Crippen LogP contribution in [0.2, 0.25) is 0 Å². The summed E-state index contributed by atoms with van der Waals surface area (Å²) in [4.78, 5) is 4.24. The second-order valence-corrected chi connectivity index (χ2v) is 4.52. The third-order valence-electron chi connectivity index (χ3n) is 1.81. The van der Waals surface area contributed by atoms with E-state index in [1.54, 1.807) is 6.20 Å². The Balaban J connectivity index is 2.60. The third-order valence-corrected chi connectivity index (χ3v) is 2.49. The van der Waals surface area contributed by atoms with Gasteiger partial charge in [0.15, 0.2) is 5.11 Å². The van der Waals surface area contributed by atoms with Crippen LogP contribution in [-0.4, -0.2) is 16.6 Å². The van der Waals surface area contributed by atoms with Crippen LogP contribution in [0.4, 0.5) is 5.82 Å². The van der Waals surface area contributed by atoms with Crippen LogP contribution >= 0.6 is 28.1 Å². The number of rotatable bonds is 3. The molecule has 0 atom stereocenters. The van der Waals surface area contributed by atoms with E-state index >= 15 is 0 Å². The second-order valence-electron chi connectivity index (χ2n) is 3.20. The van der Waals surface area contributed by atoms with Crippen molar-refractivity contribution in [2.75, 3.05) is 11.9 Å². The Morgan fingerprint density at radius 2 is 2.33 bits per heavy atom. The average Bonchev–Trinajstić information content (AvgIpc) is 2.19. The Labute approximate surface area is 104 Å². The van der Waals surface area contributed by atoms with Gasteiger partial charge in [0, 0.05) is 17.2 Å². The monoisotopic (exact) mass is 287 g/mol. The smallest absolute Gasteiger partial charge is 0.171 e.